The van der Waals surface area contributed by atoms with Crippen molar-refractivity contribution in [2.75, 3.05) is 27.6 Å². The highest BCUT2D eigenvalue weighted by Crippen LogP contribution is 2.38. The molecule has 3 aromatic carbocycles. The Morgan fingerprint density at radius 3 is 2.29 bits per heavy atom. The number of hydrogen-bond donors (Lipinski definition) is 0. The van der Waals surface area contributed by atoms with Crippen LogP contribution < -0.4 is 29.0 Å². The van der Waals surface area contributed by atoms with Gasteiger partial charge in [0.1, 0.15) is 17.3 Å². The van der Waals surface area contributed by atoms with E-state index in [0.717, 1.165) is 50.2 Å². The third kappa shape index (κ3) is 4.14. The Balaban J connectivity index is 1.83. The van der Waals surface area contributed by atoms with Gasteiger partial charge in [-0.1, -0.05) is 6.07 Å². The summed E-state index contributed by atoms with van der Waals surface area (Å²) in [7, 11) is 3.25. The Kier molecular flexibility index (Phi) is 5.99. The van der Waals surface area contributed by atoms with Crippen LogP contribution in [-0.4, -0.2) is 27.6 Å². The highest BCUT2D eigenvalue weighted by atomic mass is 16.7. The largest absolute Gasteiger partial charge is 0.493 e. The lowest BCUT2D eigenvalue weighted by Gasteiger charge is -2.09. The van der Waals surface area contributed by atoms with Gasteiger partial charge in [-0.05, 0) is 68.3 Å². The molecule has 7 heteroatoms. The number of benzene rings is 2. The Morgan fingerprint density at radius 1 is 0.771 bits per heavy atom. The summed E-state index contributed by atoms with van der Waals surface area (Å²) < 4.78 is 34.1. The molecule has 0 unspecified atom stereocenters. The minimum absolute atomic E-state index is 0.213. The molecule has 5 rings (SSSR count). The van der Waals surface area contributed by atoms with Crippen LogP contribution in [0.1, 0.15) is 18.4 Å². The van der Waals surface area contributed by atoms with Crippen LogP contribution in [0.4, 0.5) is 5.69 Å². The molecule has 0 aliphatic carbocycles. The zero-order valence-corrected chi connectivity index (χ0v) is 20.4. The minimum atomic E-state index is 0.213. The third-order valence-corrected chi connectivity index (χ3v) is 5.96. The fraction of sp³-hybridized carbons (Fsp3) is 0.250. The van der Waals surface area contributed by atoms with Crippen molar-refractivity contribution in [3.8, 4) is 39.9 Å². The van der Waals surface area contributed by atoms with Crippen molar-refractivity contribution in [1.29, 1.82) is 0 Å². The van der Waals surface area contributed by atoms with E-state index >= 15 is 0 Å². The van der Waals surface area contributed by atoms with Gasteiger partial charge < -0.3 is 28.1 Å². The van der Waals surface area contributed by atoms with Gasteiger partial charge in [-0.25, -0.2) is 4.99 Å². The molecule has 1 aliphatic rings. The fourth-order valence-electron chi connectivity index (χ4n) is 4.40. The number of methoxy groups -OCH3 is 2. The van der Waals surface area contributed by atoms with Crippen LogP contribution in [0, 0.1) is 13.8 Å². The Morgan fingerprint density at radius 2 is 1.51 bits per heavy atom. The van der Waals surface area contributed by atoms with Crippen LogP contribution in [0.2, 0.25) is 0 Å². The predicted molar refractivity (Wildman–Crippen MR) is 133 cm³/mol. The number of aryl methyl sites for hydroxylation is 2. The van der Waals surface area contributed by atoms with E-state index in [1.54, 1.807) is 14.2 Å². The molecule has 7 nitrogen and oxygen atoms in total. The summed E-state index contributed by atoms with van der Waals surface area (Å²) in [4.78, 5) is 5.02. The highest BCUT2D eigenvalue weighted by molar-refractivity contribution is 5.93. The summed E-state index contributed by atoms with van der Waals surface area (Å²) in [5.41, 5.74) is 2.61. The highest BCUT2D eigenvalue weighted by Gasteiger charge is 2.17. The molecule has 2 heterocycles. The maximum atomic E-state index is 6.11. The molecule has 0 N–H and O–H groups in total. The predicted octanol–water partition coefficient (Wildman–Crippen LogP) is 6.09. The number of fused-ring (bicyclic) bond motifs is 2. The molecule has 0 radical (unpaired) electrons. The second kappa shape index (κ2) is 9.25. The van der Waals surface area contributed by atoms with E-state index < -0.39 is 0 Å². The standard InChI is InChI=1S/C28H27NO6/c1-6-32-26-13-19(18-7-9-22(30-4)24(12-18)31-5)11-21(27-16(2)35-17(3)28(26)27)29-20-8-10-23-25(14-20)34-15-33-23/h7-14H,6,15H2,1-5H3. The van der Waals surface area contributed by atoms with Crippen LogP contribution in [0.5, 0.6) is 28.7 Å². The van der Waals surface area contributed by atoms with Crippen molar-refractivity contribution < 1.29 is 28.1 Å². The van der Waals surface area contributed by atoms with Crippen molar-refractivity contribution in [2.24, 2.45) is 4.99 Å². The second-order valence-corrected chi connectivity index (χ2v) is 8.11. The molecule has 0 atom stereocenters. The summed E-state index contributed by atoms with van der Waals surface area (Å²) in [6, 6.07) is 15.6. The number of rotatable bonds is 6. The lowest BCUT2D eigenvalue weighted by molar-refractivity contribution is 0.174. The molecule has 4 aromatic rings. The monoisotopic (exact) mass is 473 g/mol. The van der Waals surface area contributed by atoms with Crippen LogP contribution in [0.15, 0.2) is 57.9 Å². The van der Waals surface area contributed by atoms with Crippen LogP contribution in [0.25, 0.3) is 21.9 Å². The van der Waals surface area contributed by atoms with Crippen molar-refractivity contribution in [3.63, 3.8) is 0 Å². The maximum Gasteiger partial charge on any atom is 0.231 e. The Labute approximate surface area is 203 Å². The van der Waals surface area contributed by atoms with Gasteiger partial charge in [0.25, 0.3) is 0 Å². The first-order chi connectivity index (χ1) is 17.0. The van der Waals surface area contributed by atoms with Crippen molar-refractivity contribution in [1.82, 2.24) is 0 Å². The summed E-state index contributed by atoms with van der Waals surface area (Å²) in [5, 5.41) is 2.55. The SMILES string of the molecule is CCOc1cc(-c2ccc(OC)c(OC)c2)cc(=Nc2ccc3c(c2)OCO3)c2c(C)oc(C)c12. The molecule has 180 valence electrons. The quantitative estimate of drug-likeness (QED) is 0.337. The molecular weight excluding hydrogens is 446 g/mol. The Hall–Kier alpha value is -4.13. The molecule has 0 saturated carbocycles. The Bertz CT molecular complexity index is 1490. The molecule has 1 aliphatic heterocycles. The zero-order chi connectivity index (χ0) is 24.5. The summed E-state index contributed by atoms with van der Waals surface area (Å²) >= 11 is 0. The van der Waals surface area contributed by atoms with Gasteiger partial charge in [0.05, 0.1) is 42.6 Å². The van der Waals surface area contributed by atoms with Crippen LogP contribution in [0.3, 0.4) is 0 Å². The molecule has 0 saturated heterocycles. The lowest BCUT2D eigenvalue weighted by Crippen LogP contribution is -2.00. The van der Waals surface area contributed by atoms with E-state index in [2.05, 4.69) is 0 Å². The molecular formula is C28H27NO6. The third-order valence-electron chi connectivity index (χ3n) is 5.96. The van der Waals surface area contributed by atoms with E-state index in [4.69, 9.17) is 33.1 Å². The van der Waals surface area contributed by atoms with Gasteiger partial charge in [0.2, 0.25) is 6.79 Å². The molecule has 35 heavy (non-hydrogen) atoms. The average Bonchev–Trinajstić information content (AvgIpc) is 3.40. The van der Waals surface area contributed by atoms with Crippen molar-refractivity contribution in [2.45, 2.75) is 20.8 Å². The fourth-order valence-corrected chi connectivity index (χ4v) is 4.40. The average molecular weight is 474 g/mol. The van der Waals surface area contributed by atoms with E-state index in [9.17, 15) is 0 Å². The number of nitrogens with zero attached hydrogens (tertiary/aromatic N) is 1. The first kappa shape index (κ1) is 22.7. The second-order valence-electron chi connectivity index (χ2n) is 8.11. The van der Waals surface area contributed by atoms with Crippen molar-refractivity contribution in [3.05, 3.63) is 65.4 Å². The van der Waals surface area contributed by atoms with Gasteiger partial charge in [-0.15, -0.1) is 0 Å². The van der Waals surface area contributed by atoms with E-state index in [1.165, 1.54) is 0 Å². The molecule has 0 bridgehead atoms. The van der Waals surface area contributed by atoms with Crippen LogP contribution in [-0.2, 0) is 0 Å². The van der Waals surface area contributed by atoms with Gasteiger partial charge >= 0.3 is 0 Å². The molecule has 0 amide bonds. The molecule has 1 aromatic heterocycles. The van der Waals surface area contributed by atoms with Crippen LogP contribution >= 0.6 is 0 Å². The van der Waals surface area contributed by atoms with E-state index in [-0.39, 0.29) is 6.79 Å². The first-order valence-corrected chi connectivity index (χ1v) is 11.4. The molecule has 0 spiro atoms. The van der Waals surface area contributed by atoms with Crippen molar-refractivity contribution >= 4 is 16.5 Å². The number of ether oxygens (including phenoxy) is 5. The first-order valence-electron chi connectivity index (χ1n) is 11.4. The normalized spacial score (nSPS) is 12.8. The number of hydrogen-bond acceptors (Lipinski definition) is 7. The van der Waals surface area contributed by atoms with E-state index in [1.807, 2.05) is 69.3 Å². The molecule has 0 fully saturated rings. The topological polar surface area (TPSA) is 71.7 Å². The van der Waals surface area contributed by atoms with Gasteiger partial charge in [-0.3, -0.25) is 0 Å². The summed E-state index contributed by atoms with van der Waals surface area (Å²) in [6.45, 7) is 6.58. The van der Waals surface area contributed by atoms with Gasteiger partial charge in [0, 0.05) is 6.07 Å². The smallest absolute Gasteiger partial charge is 0.231 e. The number of furan rings is 1. The zero-order valence-electron chi connectivity index (χ0n) is 20.4. The van der Waals surface area contributed by atoms with Gasteiger partial charge in [-0.2, -0.15) is 0 Å². The lowest BCUT2D eigenvalue weighted by atomic mass is 10.1. The van der Waals surface area contributed by atoms with Gasteiger partial charge in [0.15, 0.2) is 23.0 Å². The summed E-state index contributed by atoms with van der Waals surface area (Å²) in [6.07, 6.45) is 0. The summed E-state index contributed by atoms with van der Waals surface area (Å²) in [5.74, 6) is 4.98. The minimum Gasteiger partial charge on any atom is -0.493 e. The van der Waals surface area contributed by atoms with E-state index in [0.29, 0.717) is 29.6 Å². The maximum absolute atomic E-state index is 6.11.